The Morgan fingerprint density at radius 1 is 1.32 bits per heavy atom. The van der Waals surface area contributed by atoms with Gasteiger partial charge in [-0.05, 0) is 55.2 Å². The summed E-state index contributed by atoms with van der Waals surface area (Å²) in [6, 6.07) is 6.65. The lowest BCUT2D eigenvalue weighted by atomic mass is 9.65. The van der Waals surface area contributed by atoms with E-state index in [1.54, 1.807) is 24.3 Å². The highest BCUT2D eigenvalue weighted by Gasteiger charge is 2.48. The number of carboxylic acids is 1. The third-order valence-corrected chi connectivity index (χ3v) is 4.85. The number of carbonyl (C=O) groups excluding carboxylic acids is 1. The number of rotatable bonds is 7. The van der Waals surface area contributed by atoms with Crippen LogP contribution in [-0.4, -0.2) is 30.1 Å². The molecule has 0 aliphatic heterocycles. The van der Waals surface area contributed by atoms with Crippen molar-refractivity contribution < 1.29 is 19.4 Å². The Balaban J connectivity index is 1.57. The lowest BCUT2D eigenvalue weighted by Gasteiger charge is -2.42. The Hall–Kier alpha value is -2.04. The number of amides is 1. The molecule has 1 aromatic rings. The molecule has 0 bridgehead atoms. The first-order chi connectivity index (χ1) is 10.6. The van der Waals surface area contributed by atoms with Crippen molar-refractivity contribution in [1.29, 1.82) is 0 Å². The van der Waals surface area contributed by atoms with E-state index in [0.717, 1.165) is 12.5 Å². The third-order valence-electron chi connectivity index (χ3n) is 4.85. The normalized spacial score (nSPS) is 19.1. The number of aliphatic carboxylic acids is 1. The molecule has 0 saturated heterocycles. The summed E-state index contributed by atoms with van der Waals surface area (Å²) in [5, 5.41) is 11.7. The second kappa shape index (κ2) is 5.99. The highest BCUT2D eigenvalue weighted by atomic mass is 16.5. The molecule has 5 heteroatoms. The van der Waals surface area contributed by atoms with Crippen molar-refractivity contribution in [1.82, 2.24) is 5.32 Å². The SMILES string of the molecule is O=C(O)COc1cccc(C(=O)NCC2(C3CC3)CCC2)c1. The molecule has 2 aliphatic rings. The molecule has 2 fully saturated rings. The molecule has 2 N–H and O–H groups in total. The largest absolute Gasteiger partial charge is 0.482 e. The van der Waals surface area contributed by atoms with Crippen LogP contribution in [0.2, 0.25) is 0 Å². The van der Waals surface area contributed by atoms with Crippen LogP contribution in [0.15, 0.2) is 24.3 Å². The second-order valence-electron chi connectivity index (χ2n) is 6.38. The van der Waals surface area contributed by atoms with Gasteiger partial charge in [-0.3, -0.25) is 4.79 Å². The Morgan fingerprint density at radius 3 is 2.68 bits per heavy atom. The number of ether oxygens (including phenoxy) is 1. The fraction of sp³-hybridized carbons (Fsp3) is 0.529. The summed E-state index contributed by atoms with van der Waals surface area (Å²) in [6.07, 6.45) is 6.31. The molecule has 3 rings (SSSR count). The second-order valence-corrected chi connectivity index (χ2v) is 6.38. The van der Waals surface area contributed by atoms with Crippen LogP contribution in [0.3, 0.4) is 0 Å². The Bertz CT molecular complexity index is 576. The number of carboxylic acid groups (broad SMARTS) is 1. The summed E-state index contributed by atoms with van der Waals surface area (Å²) in [4.78, 5) is 22.8. The van der Waals surface area contributed by atoms with E-state index in [2.05, 4.69) is 5.32 Å². The van der Waals surface area contributed by atoms with Gasteiger partial charge in [-0.15, -0.1) is 0 Å². The average molecular weight is 303 g/mol. The molecule has 2 aliphatic carbocycles. The summed E-state index contributed by atoms with van der Waals surface area (Å²) >= 11 is 0. The van der Waals surface area contributed by atoms with E-state index in [-0.39, 0.29) is 5.91 Å². The molecule has 0 heterocycles. The van der Waals surface area contributed by atoms with Gasteiger partial charge in [0.05, 0.1) is 0 Å². The molecule has 0 aromatic heterocycles. The van der Waals surface area contributed by atoms with Gasteiger partial charge in [0.25, 0.3) is 5.91 Å². The standard InChI is InChI=1S/C17H21NO4/c19-15(20)10-22-14-4-1-3-12(9-14)16(21)18-11-17(7-2-8-17)13-5-6-13/h1,3-4,9,13H,2,5-8,10-11H2,(H,18,21)(H,19,20). The quantitative estimate of drug-likeness (QED) is 0.811. The Morgan fingerprint density at radius 2 is 2.09 bits per heavy atom. The first-order valence-corrected chi connectivity index (χ1v) is 7.82. The molecular formula is C17H21NO4. The monoisotopic (exact) mass is 303 g/mol. The van der Waals surface area contributed by atoms with E-state index in [1.165, 1.54) is 32.1 Å². The van der Waals surface area contributed by atoms with Gasteiger partial charge in [0.2, 0.25) is 0 Å². The third kappa shape index (κ3) is 3.24. The molecule has 118 valence electrons. The molecular weight excluding hydrogens is 282 g/mol. The number of hydrogen-bond acceptors (Lipinski definition) is 3. The van der Waals surface area contributed by atoms with E-state index in [9.17, 15) is 9.59 Å². The van der Waals surface area contributed by atoms with Gasteiger partial charge >= 0.3 is 5.97 Å². The highest BCUT2D eigenvalue weighted by Crippen LogP contribution is 2.56. The van der Waals surface area contributed by atoms with Crippen LogP contribution in [0, 0.1) is 11.3 Å². The first kappa shape index (κ1) is 14.9. The van der Waals surface area contributed by atoms with Crippen LogP contribution in [0.5, 0.6) is 5.75 Å². The highest BCUT2D eigenvalue weighted by molar-refractivity contribution is 5.94. The zero-order valence-corrected chi connectivity index (χ0v) is 12.5. The van der Waals surface area contributed by atoms with Crippen LogP contribution in [0.4, 0.5) is 0 Å². The number of carbonyl (C=O) groups is 2. The van der Waals surface area contributed by atoms with Crippen molar-refractivity contribution in [2.75, 3.05) is 13.2 Å². The Kier molecular flexibility index (Phi) is 4.05. The molecule has 1 amide bonds. The lowest BCUT2D eigenvalue weighted by molar-refractivity contribution is -0.139. The average Bonchev–Trinajstić information content (AvgIpc) is 3.29. The van der Waals surface area contributed by atoms with Crippen LogP contribution in [-0.2, 0) is 4.79 Å². The van der Waals surface area contributed by atoms with Crippen LogP contribution < -0.4 is 10.1 Å². The molecule has 0 atom stereocenters. The van der Waals surface area contributed by atoms with Gasteiger partial charge in [0.15, 0.2) is 6.61 Å². The van der Waals surface area contributed by atoms with Crippen molar-refractivity contribution in [2.45, 2.75) is 32.1 Å². The lowest BCUT2D eigenvalue weighted by Crippen LogP contribution is -2.43. The van der Waals surface area contributed by atoms with Crippen molar-refractivity contribution in [3.05, 3.63) is 29.8 Å². The predicted molar refractivity (Wildman–Crippen MR) is 80.9 cm³/mol. The summed E-state index contributed by atoms with van der Waals surface area (Å²) < 4.78 is 5.10. The minimum atomic E-state index is -1.04. The molecule has 1 aromatic carbocycles. The van der Waals surface area contributed by atoms with Crippen molar-refractivity contribution in [2.24, 2.45) is 11.3 Å². The topological polar surface area (TPSA) is 75.6 Å². The Labute approximate surface area is 129 Å². The number of nitrogens with one attached hydrogen (secondary N) is 1. The zero-order chi connectivity index (χ0) is 15.6. The molecule has 0 radical (unpaired) electrons. The zero-order valence-electron chi connectivity index (χ0n) is 12.5. The maximum atomic E-state index is 12.3. The molecule has 22 heavy (non-hydrogen) atoms. The molecule has 0 spiro atoms. The van der Waals surface area contributed by atoms with Gasteiger partial charge in [0, 0.05) is 12.1 Å². The van der Waals surface area contributed by atoms with Crippen molar-refractivity contribution in [3.63, 3.8) is 0 Å². The van der Waals surface area contributed by atoms with Crippen LogP contribution >= 0.6 is 0 Å². The summed E-state index contributed by atoms with van der Waals surface area (Å²) in [5.41, 5.74) is 0.848. The van der Waals surface area contributed by atoms with E-state index in [0.29, 0.717) is 16.7 Å². The summed E-state index contributed by atoms with van der Waals surface area (Å²) in [6.45, 7) is 0.340. The maximum Gasteiger partial charge on any atom is 0.341 e. The summed E-state index contributed by atoms with van der Waals surface area (Å²) in [5.74, 6) is 0.0429. The first-order valence-electron chi connectivity index (χ1n) is 7.82. The smallest absolute Gasteiger partial charge is 0.341 e. The van der Waals surface area contributed by atoms with E-state index < -0.39 is 12.6 Å². The van der Waals surface area contributed by atoms with E-state index in [4.69, 9.17) is 9.84 Å². The van der Waals surface area contributed by atoms with Crippen LogP contribution in [0.25, 0.3) is 0 Å². The van der Waals surface area contributed by atoms with Crippen molar-refractivity contribution >= 4 is 11.9 Å². The van der Waals surface area contributed by atoms with Gasteiger partial charge in [-0.2, -0.15) is 0 Å². The predicted octanol–water partition coefficient (Wildman–Crippen LogP) is 2.46. The van der Waals surface area contributed by atoms with Gasteiger partial charge in [-0.1, -0.05) is 12.5 Å². The van der Waals surface area contributed by atoms with Crippen LogP contribution in [0.1, 0.15) is 42.5 Å². The van der Waals surface area contributed by atoms with Crippen molar-refractivity contribution in [3.8, 4) is 5.75 Å². The minimum Gasteiger partial charge on any atom is -0.482 e. The van der Waals surface area contributed by atoms with Gasteiger partial charge in [-0.25, -0.2) is 4.79 Å². The summed E-state index contributed by atoms with van der Waals surface area (Å²) in [7, 11) is 0. The number of benzene rings is 1. The maximum absolute atomic E-state index is 12.3. The number of hydrogen-bond donors (Lipinski definition) is 2. The minimum absolute atomic E-state index is 0.118. The molecule has 5 nitrogen and oxygen atoms in total. The molecule has 2 saturated carbocycles. The van der Waals surface area contributed by atoms with Gasteiger partial charge < -0.3 is 15.2 Å². The fourth-order valence-electron chi connectivity index (χ4n) is 3.29. The fourth-order valence-corrected chi connectivity index (χ4v) is 3.29. The molecule has 0 unspecified atom stereocenters. The van der Waals surface area contributed by atoms with E-state index in [1.807, 2.05) is 0 Å². The van der Waals surface area contributed by atoms with Gasteiger partial charge in [0.1, 0.15) is 5.75 Å². The van der Waals surface area contributed by atoms with E-state index >= 15 is 0 Å².